The lowest BCUT2D eigenvalue weighted by Crippen LogP contribution is -2.20. The van der Waals surface area contributed by atoms with E-state index in [1.54, 1.807) is 24.3 Å². The molecule has 1 aliphatic rings. The van der Waals surface area contributed by atoms with Gasteiger partial charge in [0, 0.05) is 11.3 Å². The van der Waals surface area contributed by atoms with E-state index in [9.17, 15) is 9.59 Å². The lowest BCUT2D eigenvalue weighted by Gasteiger charge is -2.09. The number of carbonyl (C=O) groups is 2. The number of ketones is 1. The second kappa shape index (κ2) is 6.65. The van der Waals surface area contributed by atoms with Gasteiger partial charge in [0.05, 0.1) is 0 Å². The maximum Gasteiger partial charge on any atom is 0.262 e. The molecule has 0 heterocycles. The van der Waals surface area contributed by atoms with Gasteiger partial charge in [0.15, 0.2) is 12.4 Å². The van der Waals surface area contributed by atoms with Crippen LogP contribution in [0.4, 0.5) is 5.69 Å². The van der Waals surface area contributed by atoms with Crippen molar-refractivity contribution in [3.05, 3.63) is 59.2 Å². The first-order chi connectivity index (χ1) is 11.1. The van der Waals surface area contributed by atoms with Gasteiger partial charge in [-0.25, -0.2) is 0 Å². The van der Waals surface area contributed by atoms with Crippen molar-refractivity contribution in [3.8, 4) is 5.75 Å². The van der Waals surface area contributed by atoms with Crippen LogP contribution in [0.2, 0.25) is 0 Å². The zero-order valence-corrected chi connectivity index (χ0v) is 13.1. The Bertz CT molecular complexity index is 752. The van der Waals surface area contributed by atoms with Crippen molar-refractivity contribution in [2.24, 2.45) is 0 Å². The molecular weight excluding hydrogens is 290 g/mol. The van der Waals surface area contributed by atoms with Crippen molar-refractivity contribution in [3.63, 3.8) is 0 Å². The number of anilines is 1. The Hall–Kier alpha value is -2.62. The van der Waals surface area contributed by atoms with Crippen LogP contribution < -0.4 is 10.1 Å². The van der Waals surface area contributed by atoms with E-state index in [4.69, 9.17) is 4.74 Å². The second-order valence-electron chi connectivity index (χ2n) is 5.76. The van der Waals surface area contributed by atoms with E-state index < -0.39 is 0 Å². The Morgan fingerprint density at radius 2 is 1.91 bits per heavy atom. The molecule has 4 heteroatoms. The number of carbonyl (C=O) groups excluding carboxylic acids is 2. The third-order valence-corrected chi connectivity index (χ3v) is 3.99. The number of amides is 1. The van der Waals surface area contributed by atoms with E-state index >= 15 is 0 Å². The molecule has 2 aromatic rings. The van der Waals surface area contributed by atoms with Gasteiger partial charge in [-0.05, 0) is 61.6 Å². The van der Waals surface area contributed by atoms with Gasteiger partial charge in [-0.2, -0.15) is 0 Å². The van der Waals surface area contributed by atoms with E-state index in [1.165, 1.54) is 24.5 Å². The van der Waals surface area contributed by atoms with E-state index in [0.29, 0.717) is 11.3 Å². The molecule has 2 aromatic carbocycles. The highest BCUT2D eigenvalue weighted by molar-refractivity contribution is 5.94. The molecule has 0 aromatic heterocycles. The van der Waals surface area contributed by atoms with E-state index in [2.05, 4.69) is 11.4 Å². The average Bonchev–Trinajstić information content (AvgIpc) is 3.01. The molecule has 0 saturated carbocycles. The van der Waals surface area contributed by atoms with E-state index in [-0.39, 0.29) is 18.3 Å². The monoisotopic (exact) mass is 309 g/mol. The van der Waals surface area contributed by atoms with Gasteiger partial charge < -0.3 is 10.1 Å². The zero-order valence-electron chi connectivity index (χ0n) is 13.1. The van der Waals surface area contributed by atoms with Gasteiger partial charge in [0.2, 0.25) is 0 Å². The largest absolute Gasteiger partial charge is 0.484 e. The Balaban J connectivity index is 1.57. The Labute approximate surface area is 135 Å². The number of rotatable bonds is 5. The van der Waals surface area contributed by atoms with Crippen molar-refractivity contribution in [2.75, 3.05) is 11.9 Å². The summed E-state index contributed by atoms with van der Waals surface area (Å²) < 4.78 is 5.46. The van der Waals surface area contributed by atoms with Crippen LogP contribution in [0.1, 0.15) is 34.8 Å². The molecule has 3 rings (SSSR count). The first-order valence-electron chi connectivity index (χ1n) is 7.77. The molecule has 1 amide bonds. The van der Waals surface area contributed by atoms with Crippen LogP contribution in [-0.4, -0.2) is 18.3 Å². The third kappa shape index (κ3) is 3.77. The summed E-state index contributed by atoms with van der Waals surface area (Å²) >= 11 is 0. The minimum absolute atomic E-state index is 0.0296. The van der Waals surface area contributed by atoms with Crippen LogP contribution in [0, 0.1) is 0 Å². The molecular formula is C19H19NO3. The van der Waals surface area contributed by atoms with Gasteiger partial charge in [-0.1, -0.05) is 18.2 Å². The van der Waals surface area contributed by atoms with Crippen LogP contribution in [-0.2, 0) is 17.6 Å². The smallest absolute Gasteiger partial charge is 0.262 e. The molecule has 0 unspecified atom stereocenters. The zero-order chi connectivity index (χ0) is 16.2. The second-order valence-corrected chi connectivity index (χ2v) is 5.76. The number of hydrogen-bond acceptors (Lipinski definition) is 3. The fraction of sp³-hybridized carbons (Fsp3) is 0.263. The summed E-state index contributed by atoms with van der Waals surface area (Å²) in [5.41, 5.74) is 4.07. The molecule has 0 saturated heterocycles. The lowest BCUT2D eigenvalue weighted by atomic mass is 10.1. The SMILES string of the molecule is CC(=O)c1cccc(OCC(=O)Nc2ccc3c(c2)CCC3)c1. The number of hydrogen-bond donors (Lipinski definition) is 1. The number of Topliss-reactive ketones (excluding diaryl/α,β-unsaturated/α-hetero) is 1. The highest BCUT2D eigenvalue weighted by Crippen LogP contribution is 2.24. The number of ether oxygens (including phenoxy) is 1. The Morgan fingerprint density at radius 1 is 1.09 bits per heavy atom. The molecule has 4 nitrogen and oxygen atoms in total. The number of fused-ring (bicyclic) bond motifs is 1. The highest BCUT2D eigenvalue weighted by atomic mass is 16.5. The summed E-state index contributed by atoms with van der Waals surface area (Å²) in [4.78, 5) is 23.3. The molecule has 0 atom stereocenters. The van der Waals surface area contributed by atoms with Crippen molar-refractivity contribution < 1.29 is 14.3 Å². The summed E-state index contributed by atoms with van der Waals surface area (Å²) in [7, 11) is 0. The van der Waals surface area contributed by atoms with Crippen LogP contribution in [0.3, 0.4) is 0 Å². The minimum Gasteiger partial charge on any atom is -0.484 e. The van der Waals surface area contributed by atoms with Crippen LogP contribution in [0.5, 0.6) is 5.75 Å². The lowest BCUT2D eigenvalue weighted by molar-refractivity contribution is -0.118. The van der Waals surface area contributed by atoms with Gasteiger partial charge in [-0.3, -0.25) is 9.59 Å². The van der Waals surface area contributed by atoms with Crippen LogP contribution in [0.15, 0.2) is 42.5 Å². The van der Waals surface area contributed by atoms with Crippen LogP contribution in [0.25, 0.3) is 0 Å². The molecule has 118 valence electrons. The number of aryl methyl sites for hydroxylation is 2. The number of benzene rings is 2. The first kappa shape index (κ1) is 15.3. The fourth-order valence-electron chi connectivity index (χ4n) is 2.80. The molecule has 23 heavy (non-hydrogen) atoms. The Morgan fingerprint density at radius 3 is 2.74 bits per heavy atom. The molecule has 0 fully saturated rings. The quantitative estimate of drug-likeness (QED) is 0.861. The van der Waals surface area contributed by atoms with Crippen molar-refractivity contribution >= 4 is 17.4 Å². The minimum atomic E-state index is -0.212. The van der Waals surface area contributed by atoms with Crippen molar-refractivity contribution in [1.29, 1.82) is 0 Å². The Kier molecular flexibility index (Phi) is 4.42. The normalized spacial score (nSPS) is 12.6. The highest BCUT2D eigenvalue weighted by Gasteiger charge is 2.12. The molecule has 0 spiro atoms. The maximum atomic E-state index is 12.0. The molecule has 0 radical (unpaired) electrons. The van der Waals surface area contributed by atoms with Gasteiger partial charge in [-0.15, -0.1) is 0 Å². The summed E-state index contributed by atoms with van der Waals surface area (Å²) in [5.74, 6) is 0.274. The maximum absolute atomic E-state index is 12.0. The fourth-order valence-corrected chi connectivity index (χ4v) is 2.80. The standard InChI is InChI=1S/C19H19NO3/c1-13(21)15-5-3-7-18(11-15)23-12-19(22)20-17-9-8-14-4-2-6-16(14)10-17/h3,5,7-11H,2,4,6,12H2,1H3,(H,20,22). The predicted octanol–water partition coefficient (Wildman–Crippen LogP) is 3.40. The predicted molar refractivity (Wildman–Crippen MR) is 89.0 cm³/mol. The van der Waals surface area contributed by atoms with Crippen molar-refractivity contribution in [1.82, 2.24) is 0 Å². The summed E-state index contributed by atoms with van der Waals surface area (Å²) in [6.45, 7) is 1.41. The molecule has 0 aliphatic heterocycles. The topological polar surface area (TPSA) is 55.4 Å². The molecule has 0 bridgehead atoms. The van der Waals surface area contributed by atoms with Gasteiger partial charge >= 0.3 is 0 Å². The van der Waals surface area contributed by atoms with E-state index in [0.717, 1.165) is 18.5 Å². The molecule has 1 N–H and O–H groups in total. The number of nitrogens with one attached hydrogen (secondary N) is 1. The third-order valence-electron chi connectivity index (χ3n) is 3.99. The van der Waals surface area contributed by atoms with Gasteiger partial charge in [0.1, 0.15) is 5.75 Å². The summed E-state index contributed by atoms with van der Waals surface area (Å²) in [6.07, 6.45) is 3.38. The summed E-state index contributed by atoms with van der Waals surface area (Å²) in [6, 6.07) is 12.9. The van der Waals surface area contributed by atoms with E-state index in [1.807, 2.05) is 12.1 Å². The van der Waals surface area contributed by atoms with Gasteiger partial charge in [0.25, 0.3) is 5.91 Å². The van der Waals surface area contributed by atoms with Crippen molar-refractivity contribution in [2.45, 2.75) is 26.2 Å². The summed E-state index contributed by atoms with van der Waals surface area (Å²) in [5, 5.41) is 2.85. The first-order valence-corrected chi connectivity index (χ1v) is 7.77. The molecule has 1 aliphatic carbocycles. The average molecular weight is 309 g/mol. The van der Waals surface area contributed by atoms with Crippen LogP contribution >= 0.6 is 0 Å².